The van der Waals surface area contributed by atoms with E-state index in [0.29, 0.717) is 5.92 Å². The number of hydrogen-bond donors (Lipinski definition) is 2. The van der Waals surface area contributed by atoms with Gasteiger partial charge in [0.25, 0.3) is 0 Å². The van der Waals surface area contributed by atoms with Gasteiger partial charge in [0.15, 0.2) is 0 Å². The predicted octanol–water partition coefficient (Wildman–Crippen LogP) is 3.00. The number of halogens is 1. The Hall–Kier alpha value is -1.10. The molecule has 0 bridgehead atoms. The number of benzene rings is 1. The van der Waals surface area contributed by atoms with E-state index in [9.17, 15) is 4.79 Å². The quantitative estimate of drug-likeness (QED) is 0.856. The zero-order valence-electron chi connectivity index (χ0n) is 14.4. The summed E-state index contributed by atoms with van der Waals surface area (Å²) in [5.41, 5.74) is 2.35. The first kappa shape index (κ1) is 19.2. The monoisotopic (exact) mass is 352 g/mol. The third-order valence-electron chi connectivity index (χ3n) is 5.08. The number of hydrogen-bond acceptors (Lipinski definition) is 3. The summed E-state index contributed by atoms with van der Waals surface area (Å²) in [4.78, 5) is 12.6. The molecule has 134 valence electrons. The number of nitrogens with one attached hydrogen (secondary N) is 2. The molecule has 3 unspecified atom stereocenters. The maximum atomic E-state index is 12.6. The molecule has 3 atom stereocenters. The summed E-state index contributed by atoms with van der Waals surface area (Å²) in [6.07, 6.45) is 4.08. The number of amides is 1. The van der Waals surface area contributed by atoms with Crippen molar-refractivity contribution in [2.45, 2.75) is 38.7 Å². The van der Waals surface area contributed by atoms with Crippen LogP contribution >= 0.6 is 12.4 Å². The average molecular weight is 353 g/mol. The third-order valence-corrected chi connectivity index (χ3v) is 5.08. The highest BCUT2D eigenvalue weighted by atomic mass is 35.5. The van der Waals surface area contributed by atoms with E-state index in [1.54, 1.807) is 0 Å². The lowest BCUT2D eigenvalue weighted by Gasteiger charge is -2.31. The topological polar surface area (TPSA) is 50.4 Å². The summed E-state index contributed by atoms with van der Waals surface area (Å²) in [5, 5.41) is 6.52. The highest BCUT2D eigenvalue weighted by molar-refractivity contribution is 5.85. The van der Waals surface area contributed by atoms with E-state index in [1.165, 1.54) is 12.0 Å². The van der Waals surface area contributed by atoms with E-state index in [1.807, 2.05) is 0 Å². The summed E-state index contributed by atoms with van der Waals surface area (Å²) >= 11 is 0. The summed E-state index contributed by atoms with van der Waals surface area (Å²) in [7, 11) is 0. The van der Waals surface area contributed by atoms with Crippen LogP contribution in [0.1, 0.15) is 42.9 Å². The van der Waals surface area contributed by atoms with Crippen molar-refractivity contribution in [3.63, 3.8) is 0 Å². The largest absolute Gasteiger partial charge is 0.373 e. The van der Waals surface area contributed by atoms with Crippen LogP contribution in [0.3, 0.4) is 0 Å². The number of carbonyl (C=O) groups is 1. The molecule has 2 saturated heterocycles. The van der Waals surface area contributed by atoms with E-state index in [-0.39, 0.29) is 30.3 Å². The number of ether oxygens (including phenoxy) is 1. The van der Waals surface area contributed by atoms with Crippen LogP contribution in [0.15, 0.2) is 24.3 Å². The molecule has 1 aromatic carbocycles. The normalized spacial score (nSPS) is 26.6. The van der Waals surface area contributed by atoms with Gasteiger partial charge in [0.1, 0.15) is 0 Å². The summed E-state index contributed by atoms with van der Waals surface area (Å²) in [6, 6.07) is 8.37. The maximum absolute atomic E-state index is 12.6. The standard InChI is InChI=1S/C19H28N2O2.ClH/c1-14-4-6-16(7-5-14)18-17(3-2-12-23-18)19(22)21-11-9-15-8-10-20-13-15;/h4-7,15,17-18,20H,2-3,8-13H2,1H3,(H,21,22);1H. The van der Waals surface area contributed by atoms with Crippen LogP contribution < -0.4 is 10.6 Å². The first-order valence-corrected chi connectivity index (χ1v) is 8.90. The van der Waals surface area contributed by atoms with Crippen LogP contribution in [0.4, 0.5) is 0 Å². The third kappa shape index (κ3) is 4.95. The van der Waals surface area contributed by atoms with E-state index in [4.69, 9.17) is 4.74 Å². The summed E-state index contributed by atoms with van der Waals surface area (Å²) < 4.78 is 5.95. The van der Waals surface area contributed by atoms with Crippen molar-refractivity contribution >= 4 is 18.3 Å². The molecule has 0 aromatic heterocycles. The van der Waals surface area contributed by atoms with E-state index < -0.39 is 0 Å². The van der Waals surface area contributed by atoms with E-state index in [0.717, 1.165) is 51.1 Å². The summed E-state index contributed by atoms with van der Waals surface area (Å²) in [5.74, 6) is 0.806. The molecule has 0 radical (unpaired) electrons. The zero-order chi connectivity index (χ0) is 16.1. The lowest BCUT2D eigenvalue weighted by Crippen LogP contribution is -2.38. The molecule has 2 heterocycles. The fourth-order valence-corrected chi connectivity index (χ4v) is 3.63. The Morgan fingerprint density at radius 1 is 1.29 bits per heavy atom. The molecule has 1 amide bonds. The Bertz CT molecular complexity index is 515. The number of rotatable bonds is 5. The van der Waals surface area contributed by atoms with Crippen LogP contribution in [0, 0.1) is 18.8 Å². The van der Waals surface area contributed by atoms with Gasteiger partial charge in [-0.15, -0.1) is 12.4 Å². The first-order valence-electron chi connectivity index (χ1n) is 8.90. The van der Waals surface area contributed by atoms with Gasteiger partial charge in [-0.2, -0.15) is 0 Å². The van der Waals surface area contributed by atoms with Gasteiger partial charge in [-0.1, -0.05) is 29.8 Å². The molecular formula is C19H29ClN2O2. The maximum Gasteiger partial charge on any atom is 0.226 e. The van der Waals surface area contributed by atoms with Gasteiger partial charge in [-0.25, -0.2) is 0 Å². The molecule has 2 fully saturated rings. The van der Waals surface area contributed by atoms with Gasteiger partial charge >= 0.3 is 0 Å². The smallest absolute Gasteiger partial charge is 0.226 e. The lowest BCUT2D eigenvalue weighted by atomic mass is 9.88. The number of aryl methyl sites for hydroxylation is 1. The van der Waals surface area contributed by atoms with Crippen molar-refractivity contribution in [2.24, 2.45) is 11.8 Å². The summed E-state index contributed by atoms with van der Waals surface area (Å²) in [6.45, 7) is 5.81. The fraction of sp³-hybridized carbons (Fsp3) is 0.632. The number of carbonyl (C=O) groups excluding carboxylic acids is 1. The van der Waals surface area contributed by atoms with Crippen molar-refractivity contribution in [3.05, 3.63) is 35.4 Å². The minimum Gasteiger partial charge on any atom is -0.373 e. The minimum atomic E-state index is -0.0995. The molecule has 3 rings (SSSR count). The zero-order valence-corrected chi connectivity index (χ0v) is 15.2. The van der Waals surface area contributed by atoms with Crippen molar-refractivity contribution in [3.8, 4) is 0 Å². The Labute approximate surface area is 151 Å². The molecule has 5 heteroatoms. The molecule has 2 aliphatic heterocycles. The Kier molecular flexibility index (Phi) is 7.53. The Morgan fingerprint density at radius 2 is 2.08 bits per heavy atom. The van der Waals surface area contributed by atoms with Crippen molar-refractivity contribution in [1.82, 2.24) is 10.6 Å². The van der Waals surface area contributed by atoms with Gasteiger partial charge in [0.2, 0.25) is 5.91 Å². The van der Waals surface area contributed by atoms with Crippen molar-refractivity contribution < 1.29 is 9.53 Å². The molecule has 4 nitrogen and oxygen atoms in total. The second kappa shape index (κ2) is 9.40. The van der Waals surface area contributed by atoms with Gasteiger partial charge in [-0.05, 0) is 57.2 Å². The first-order chi connectivity index (χ1) is 11.2. The van der Waals surface area contributed by atoms with Crippen molar-refractivity contribution in [1.29, 1.82) is 0 Å². The molecule has 0 saturated carbocycles. The molecule has 2 aliphatic rings. The molecule has 0 spiro atoms. The van der Waals surface area contributed by atoms with Gasteiger partial charge in [0.05, 0.1) is 12.0 Å². The van der Waals surface area contributed by atoms with Crippen LogP contribution in [0.2, 0.25) is 0 Å². The highest BCUT2D eigenvalue weighted by Crippen LogP contribution is 2.33. The van der Waals surface area contributed by atoms with Crippen LogP contribution in [-0.2, 0) is 9.53 Å². The fourth-order valence-electron chi connectivity index (χ4n) is 3.63. The van der Waals surface area contributed by atoms with Crippen LogP contribution in [-0.4, -0.2) is 32.1 Å². The van der Waals surface area contributed by atoms with E-state index in [2.05, 4.69) is 41.8 Å². The second-order valence-corrected chi connectivity index (χ2v) is 6.89. The molecule has 0 aliphatic carbocycles. The van der Waals surface area contributed by atoms with Gasteiger partial charge in [0, 0.05) is 13.2 Å². The molecule has 1 aromatic rings. The second-order valence-electron chi connectivity index (χ2n) is 6.89. The molecular weight excluding hydrogens is 324 g/mol. The Morgan fingerprint density at radius 3 is 2.79 bits per heavy atom. The Balaban J connectivity index is 0.00000208. The molecule has 24 heavy (non-hydrogen) atoms. The predicted molar refractivity (Wildman–Crippen MR) is 98.4 cm³/mol. The lowest BCUT2D eigenvalue weighted by molar-refractivity contribution is -0.134. The van der Waals surface area contributed by atoms with Crippen LogP contribution in [0.25, 0.3) is 0 Å². The minimum absolute atomic E-state index is 0. The van der Waals surface area contributed by atoms with Gasteiger partial charge in [-0.3, -0.25) is 4.79 Å². The SMILES string of the molecule is Cc1ccc(C2OCCCC2C(=O)NCCC2CCNC2)cc1.Cl. The average Bonchev–Trinajstić information content (AvgIpc) is 3.09. The van der Waals surface area contributed by atoms with Crippen molar-refractivity contribution in [2.75, 3.05) is 26.2 Å². The van der Waals surface area contributed by atoms with Gasteiger partial charge < -0.3 is 15.4 Å². The van der Waals surface area contributed by atoms with Crippen LogP contribution in [0.5, 0.6) is 0 Å². The highest BCUT2D eigenvalue weighted by Gasteiger charge is 2.32. The van der Waals surface area contributed by atoms with E-state index >= 15 is 0 Å². The molecule has 2 N–H and O–H groups in total.